The number of nitrogens with two attached hydrogens (primary N) is 1. The van der Waals surface area contributed by atoms with E-state index in [1.807, 2.05) is 6.20 Å². The first-order valence-electron chi connectivity index (χ1n) is 2.80. The largest absolute Gasteiger partial charge is 0.330 e. The van der Waals surface area contributed by atoms with Gasteiger partial charge in [-0.15, -0.1) is 0 Å². The fourth-order valence-electron chi connectivity index (χ4n) is 0.715. The number of rotatable bonds is 2. The van der Waals surface area contributed by atoms with Gasteiger partial charge in [-0.1, -0.05) is 0 Å². The van der Waals surface area contributed by atoms with Crippen molar-refractivity contribution in [2.45, 2.75) is 6.42 Å². The zero-order valence-corrected chi connectivity index (χ0v) is 4.78. The van der Waals surface area contributed by atoms with Crippen molar-refractivity contribution >= 4 is 0 Å². The van der Waals surface area contributed by atoms with Gasteiger partial charge in [-0.3, -0.25) is 0 Å². The van der Waals surface area contributed by atoms with Crippen LogP contribution in [-0.2, 0) is 0 Å². The molecule has 46 valence electrons. The summed E-state index contributed by atoms with van der Waals surface area (Å²) in [6.07, 6.45) is 2.97. The molecule has 0 aliphatic carbocycles. The topological polar surface area (TPSA) is 50.1 Å². The Hall–Kier alpha value is -0.540. The molecule has 1 aliphatic heterocycles. The molecule has 0 unspecified atom stereocenters. The van der Waals surface area contributed by atoms with Crippen LogP contribution in [-0.4, -0.2) is 13.1 Å². The first kappa shape index (κ1) is 5.59. The van der Waals surface area contributed by atoms with Crippen LogP contribution in [0, 0.1) is 0 Å². The number of hydrazine groups is 1. The van der Waals surface area contributed by atoms with E-state index < -0.39 is 0 Å². The van der Waals surface area contributed by atoms with Gasteiger partial charge in [0.2, 0.25) is 0 Å². The summed E-state index contributed by atoms with van der Waals surface area (Å²) < 4.78 is 0. The summed E-state index contributed by atoms with van der Waals surface area (Å²) in [6, 6.07) is 0. The SMILES string of the molecule is NCCC1=CNNC1. The van der Waals surface area contributed by atoms with Gasteiger partial charge in [-0.05, 0) is 18.5 Å². The van der Waals surface area contributed by atoms with Crippen LogP contribution in [0.3, 0.4) is 0 Å². The summed E-state index contributed by atoms with van der Waals surface area (Å²) in [6.45, 7) is 1.69. The maximum atomic E-state index is 5.31. The maximum absolute atomic E-state index is 5.31. The maximum Gasteiger partial charge on any atom is 0.0376 e. The lowest BCUT2D eigenvalue weighted by Crippen LogP contribution is -2.20. The van der Waals surface area contributed by atoms with Crippen molar-refractivity contribution in [3.63, 3.8) is 0 Å². The molecule has 4 N–H and O–H groups in total. The average molecular weight is 113 g/mol. The fourth-order valence-corrected chi connectivity index (χ4v) is 0.715. The van der Waals surface area contributed by atoms with E-state index in [2.05, 4.69) is 10.9 Å². The van der Waals surface area contributed by atoms with Gasteiger partial charge in [-0.2, -0.15) is 0 Å². The first-order chi connectivity index (χ1) is 3.93. The van der Waals surface area contributed by atoms with Crippen LogP contribution >= 0.6 is 0 Å². The van der Waals surface area contributed by atoms with Gasteiger partial charge in [0.05, 0.1) is 0 Å². The van der Waals surface area contributed by atoms with E-state index in [0.29, 0.717) is 0 Å². The molecule has 0 atom stereocenters. The lowest BCUT2D eigenvalue weighted by atomic mass is 10.2. The summed E-state index contributed by atoms with van der Waals surface area (Å²) in [5.41, 5.74) is 12.5. The van der Waals surface area contributed by atoms with Crippen LogP contribution in [0.4, 0.5) is 0 Å². The Labute approximate surface area is 48.9 Å². The highest BCUT2D eigenvalue weighted by atomic mass is 15.4. The predicted octanol–water partition coefficient (Wildman–Crippen LogP) is -0.673. The second kappa shape index (κ2) is 2.69. The Morgan fingerprint density at radius 3 is 3.12 bits per heavy atom. The highest BCUT2D eigenvalue weighted by molar-refractivity contribution is 5.06. The summed E-state index contributed by atoms with van der Waals surface area (Å²) in [4.78, 5) is 0. The smallest absolute Gasteiger partial charge is 0.0376 e. The summed E-state index contributed by atoms with van der Waals surface area (Å²) in [5, 5.41) is 0. The van der Waals surface area contributed by atoms with Crippen molar-refractivity contribution in [1.29, 1.82) is 0 Å². The van der Waals surface area contributed by atoms with Crippen molar-refractivity contribution < 1.29 is 0 Å². The van der Waals surface area contributed by atoms with Gasteiger partial charge >= 0.3 is 0 Å². The molecule has 0 radical (unpaired) electrons. The molecule has 0 fully saturated rings. The molecule has 0 bridgehead atoms. The minimum Gasteiger partial charge on any atom is -0.330 e. The minimum atomic E-state index is 0.745. The van der Waals surface area contributed by atoms with Crippen LogP contribution in [0.15, 0.2) is 11.8 Å². The van der Waals surface area contributed by atoms with Gasteiger partial charge in [-0.25, -0.2) is 5.43 Å². The number of nitrogens with one attached hydrogen (secondary N) is 2. The van der Waals surface area contributed by atoms with E-state index in [1.54, 1.807) is 0 Å². The van der Waals surface area contributed by atoms with Crippen LogP contribution in [0.2, 0.25) is 0 Å². The van der Waals surface area contributed by atoms with Crippen molar-refractivity contribution in [1.82, 2.24) is 10.9 Å². The second-order valence-electron chi connectivity index (χ2n) is 1.84. The van der Waals surface area contributed by atoms with Crippen LogP contribution in [0.5, 0.6) is 0 Å². The molecular weight excluding hydrogens is 102 g/mol. The van der Waals surface area contributed by atoms with E-state index >= 15 is 0 Å². The quantitative estimate of drug-likeness (QED) is 0.445. The monoisotopic (exact) mass is 113 g/mol. The highest BCUT2D eigenvalue weighted by Crippen LogP contribution is 1.98. The van der Waals surface area contributed by atoms with E-state index in [4.69, 9.17) is 5.73 Å². The van der Waals surface area contributed by atoms with Gasteiger partial charge < -0.3 is 11.2 Å². The zero-order chi connectivity index (χ0) is 5.82. The molecule has 0 amide bonds. The lowest BCUT2D eigenvalue weighted by molar-refractivity contribution is 0.715. The highest BCUT2D eigenvalue weighted by Gasteiger charge is 1.99. The lowest BCUT2D eigenvalue weighted by Gasteiger charge is -1.92. The number of hydrogen-bond acceptors (Lipinski definition) is 3. The normalized spacial score (nSPS) is 17.9. The van der Waals surface area contributed by atoms with Crippen LogP contribution in [0.25, 0.3) is 0 Å². The third kappa shape index (κ3) is 1.21. The molecule has 3 heteroatoms. The molecule has 1 rings (SSSR count). The van der Waals surface area contributed by atoms with E-state index in [0.717, 1.165) is 19.5 Å². The van der Waals surface area contributed by atoms with Crippen molar-refractivity contribution in [3.05, 3.63) is 11.8 Å². The van der Waals surface area contributed by atoms with E-state index in [-0.39, 0.29) is 0 Å². The third-order valence-corrected chi connectivity index (χ3v) is 1.16. The minimum absolute atomic E-state index is 0.745. The molecule has 0 saturated heterocycles. The molecule has 1 heterocycles. The van der Waals surface area contributed by atoms with Gasteiger partial charge in [0.25, 0.3) is 0 Å². The standard InChI is InChI=1S/C5H11N3/c6-2-1-5-3-7-8-4-5/h3,7-8H,1-2,4,6H2. The van der Waals surface area contributed by atoms with E-state index in [9.17, 15) is 0 Å². The Morgan fingerprint density at radius 1 is 1.75 bits per heavy atom. The Kier molecular flexibility index (Phi) is 1.88. The van der Waals surface area contributed by atoms with E-state index in [1.165, 1.54) is 5.57 Å². The average Bonchev–Trinajstić information content (AvgIpc) is 2.19. The molecule has 0 aromatic heterocycles. The Bertz CT molecular complexity index is 97.8. The zero-order valence-electron chi connectivity index (χ0n) is 4.78. The number of hydrogen-bond donors (Lipinski definition) is 3. The van der Waals surface area contributed by atoms with Crippen LogP contribution in [0.1, 0.15) is 6.42 Å². The molecule has 8 heavy (non-hydrogen) atoms. The van der Waals surface area contributed by atoms with Crippen molar-refractivity contribution in [2.24, 2.45) is 5.73 Å². The fraction of sp³-hybridized carbons (Fsp3) is 0.600. The van der Waals surface area contributed by atoms with Crippen molar-refractivity contribution in [2.75, 3.05) is 13.1 Å². The van der Waals surface area contributed by atoms with Gasteiger partial charge in [0.15, 0.2) is 0 Å². The van der Waals surface area contributed by atoms with Crippen LogP contribution < -0.4 is 16.6 Å². The summed E-state index contributed by atoms with van der Waals surface area (Å²) in [7, 11) is 0. The second-order valence-corrected chi connectivity index (χ2v) is 1.84. The molecule has 0 aromatic carbocycles. The molecule has 0 spiro atoms. The molecule has 0 aromatic rings. The molecule has 3 nitrogen and oxygen atoms in total. The molecular formula is C5H11N3. The first-order valence-corrected chi connectivity index (χ1v) is 2.80. The summed E-state index contributed by atoms with van der Waals surface area (Å²) in [5.74, 6) is 0. The molecule has 0 saturated carbocycles. The van der Waals surface area contributed by atoms with Crippen molar-refractivity contribution in [3.8, 4) is 0 Å². The predicted molar refractivity (Wildman–Crippen MR) is 32.9 cm³/mol. The Morgan fingerprint density at radius 2 is 2.62 bits per heavy atom. The van der Waals surface area contributed by atoms with Gasteiger partial charge in [0.1, 0.15) is 0 Å². The van der Waals surface area contributed by atoms with Gasteiger partial charge in [0, 0.05) is 12.7 Å². The molecule has 1 aliphatic rings. The summed E-state index contributed by atoms with van der Waals surface area (Å²) >= 11 is 0. The third-order valence-electron chi connectivity index (χ3n) is 1.16. The Balaban J connectivity index is 2.23.